The third-order valence-corrected chi connectivity index (χ3v) is 2.90. The lowest BCUT2D eigenvalue weighted by Crippen LogP contribution is -2.04. The third kappa shape index (κ3) is 1.74. The number of fused-ring (bicyclic) bond motifs is 1. The maximum absolute atomic E-state index is 9.35. The molecule has 3 nitrogen and oxygen atoms in total. The summed E-state index contributed by atoms with van der Waals surface area (Å²) in [6.07, 6.45) is 2.45. The van der Waals surface area contributed by atoms with Gasteiger partial charge in [0.15, 0.2) is 0 Å². The predicted octanol–water partition coefficient (Wildman–Crippen LogP) is 2.30. The van der Waals surface area contributed by atoms with E-state index < -0.39 is 0 Å². The highest BCUT2D eigenvalue weighted by Gasteiger charge is 2.21. The van der Waals surface area contributed by atoms with Crippen LogP contribution in [0.5, 0.6) is 0 Å². The van der Waals surface area contributed by atoms with Crippen LogP contribution in [0.2, 0.25) is 0 Å². The Kier molecular flexibility index (Phi) is 2.26. The van der Waals surface area contributed by atoms with Gasteiger partial charge in [0.1, 0.15) is 5.82 Å². The zero-order valence-corrected chi connectivity index (χ0v) is 8.98. The van der Waals surface area contributed by atoms with Gasteiger partial charge in [-0.1, -0.05) is 18.2 Å². The SMILES string of the molecule is OCc1cc(NC2CC2)nc2ccccc12. The first-order valence-electron chi connectivity index (χ1n) is 5.63. The van der Waals surface area contributed by atoms with Crippen molar-refractivity contribution in [3.8, 4) is 0 Å². The number of anilines is 1. The lowest BCUT2D eigenvalue weighted by Gasteiger charge is -2.08. The van der Waals surface area contributed by atoms with E-state index in [4.69, 9.17) is 0 Å². The van der Waals surface area contributed by atoms with Gasteiger partial charge in [-0.15, -0.1) is 0 Å². The number of aliphatic hydroxyl groups excluding tert-OH is 1. The molecule has 1 fully saturated rings. The summed E-state index contributed by atoms with van der Waals surface area (Å²) in [6, 6.07) is 10.4. The zero-order valence-electron chi connectivity index (χ0n) is 8.98. The van der Waals surface area contributed by atoms with Gasteiger partial charge in [-0.05, 0) is 30.5 Å². The van der Waals surface area contributed by atoms with Gasteiger partial charge in [0.2, 0.25) is 0 Å². The van der Waals surface area contributed by atoms with Gasteiger partial charge in [-0.3, -0.25) is 0 Å². The molecule has 2 aromatic rings. The summed E-state index contributed by atoms with van der Waals surface area (Å²) in [5.41, 5.74) is 1.88. The molecular formula is C13H14N2O. The monoisotopic (exact) mass is 214 g/mol. The molecule has 2 N–H and O–H groups in total. The van der Waals surface area contributed by atoms with E-state index in [0.717, 1.165) is 22.3 Å². The molecule has 3 heteroatoms. The Hall–Kier alpha value is -1.61. The normalized spacial score (nSPS) is 15.3. The number of nitrogens with zero attached hydrogens (tertiary/aromatic N) is 1. The zero-order chi connectivity index (χ0) is 11.0. The number of hydrogen-bond acceptors (Lipinski definition) is 3. The molecule has 0 unspecified atom stereocenters. The van der Waals surface area contributed by atoms with Gasteiger partial charge in [-0.25, -0.2) is 4.98 Å². The average molecular weight is 214 g/mol. The highest BCUT2D eigenvalue weighted by atomic mass is 16.3. The second-order valence-electron chi connectivity index (χ2n) is 4.26. The summed E-state index contributed by atoms with van der Waals surface area (Å²) in [5.74, 6) is 0.880. The lowest BCUT2D eigenvalue weighted by molar-refractivity contribution is 0.283. The van der Waals surface area contributed by atoms with Crippen LogP contribution in [0.4, 0.5) is 5.82 Å². The first kappa shape index (κ1) is 9.60. The molecule has 1 aromatic heterocycles. The van der Waals surface area contributed by atoms with Crippen molar-refractivity contribution in [2.45, 2.75) is 25.5 Å². The minimum atomic E-state index is 0.0579. The van der Waals surface area contributed by atoms with Crippen molar-refractivity contribution in [2.24, 2.45) is 0 Å². The maximum atomic E-state index is 9.35. The number of aromatic nitrogens is 1. The summed E-state index contributed by atoms with van der Waals surface area (Å²) in [7, 11) is 0. The van der Waals surface area contributed by atoms with Gasteiger partial charge in [0.05, 0.1) is 12.1 Å². The van der Waals surface area contributed by atoms with Gasteiger partial charge >= 0.3 is 0 Å². The van der Waals surface area contributed by atoms with Crippen LogP contribution < -0.4 is 5.32 Å². The first-order chi connectivity index (χ1) is 7.86. The highest BCUT2D eigenvalue weighted by Crippen LogP contribution is 2.26. The van der Waals surface area contributed by atoms with Crippen molar-refractivity contribution < 1.29 is 5.11 Å². The number of hydrogen-bond donors (Lipinski definition) is 2. The van der Waals surface area contributed by atoms with Crippen molar-refractivity contribution >= 4 is 16.7 Å². The molecule has 1 aromatic carbocycles. The van der Waals surface area contributed by atoms with Crippen LogP contribution in [0.25, 0.3) is 10.9 Å². The van der Waals surface area contributed by atoms with E-state index in [1.807, 2.05) is 30.3 Å². The summed E-state index contributed by atoms with van der Waals surface area (Å²) in [4.78, 5) is 4.54. The van der Waals surface area contributed by atoms with Gasteiger partial charge in [0, 0.05) is 11.4 Å². The molecule has 0 radical (unpaired) electrons. The van der Waals surface area contributed by atoms with E-state index in [9.17, 15) is 5.11 Å². The molecule has 1 heterocycles. The number of benzene rings is 1. The van der Waals surface area contributed by atoms with Crippen LogP contribution in [0.15, 0.2) is 30.3 Å². The number of rotatable bonds is 3. The Morgan fingerprint density at radius 2 is 2.12 bits per heavy atom. The molecule has 1 aliphatic rings. The van der Waals surface area contributed by atoms with Crippen LogP contribution in [-0.2, 0) is 6.61 Å². The van der Waals surface area contributed by atoms with Crippen LogP contribution in [0, 0.1) is 0 Å². The fraction of sp³-hybridized carbons (Fsp3) is 0.308. The predicted molar refractivity (Wildman–Crippen MR) is 64.3 cm³/mol. The van der Waals surface area contributed by atoms with Crippen LogP contribution >= 0.6 is 0 Å². The van der Waals surface area contributed by atoms with E-state index >= 15 is 0 Å². The van der Waals surface area contributed by atoms with Crippen LogP contribution in [0.3, 0.4) is 0 Å². The number of para-hydroxylation sites is 1. The van der Waals surface area contributed by atoms with E-state index in [2.05, 4.69) is 10.3 Å². The molecule has 0 saturated heterocycles. The molecule has 1 saturated carbocycles. The number of nitrogens with one attached hydrogen (secondary N) is 1. The summed E-state index contributed by atoms with van der Waals surface area (Å²) >= 11 is 0. The van der Waals surface area contributed by atoms with E-state index in [0.29, 0.717) is 6.04 Å². The molecule has 0 bridgehead atoms. The molecular weight excluding hydrogens is 200 g/mol. The second kappa shape index (κ2) is 3.76. The van der Waals surface area contributed by atoms with E-state index in [1.54, 1.807) is 0 Å². The van der Waals surface area contributed by atoms with Gasteiger partial charge in [-0.2, -0.15) is 0 Å². The molecule has 82 valence electrons. The lowest BCUT2D eigenvalue weighted by atomic mass is 10.1. The topological polar surface area (TPSA) is 45.1 Å². The molecule has 0 spiro atoms. The quantitative estimate of drug-likeness (QED) is 0.824. The van der Waals surface area contributed by atoms with Crippen molar-refractivity contribution in [3.63, 3.8) is 0 Å². The molecule has 16 heavy (non-hydrogen) atoms. The Morgan fingerprint density at radius 1 is 1.31 bits per heavy atom. The van der Waals surface area contributed by atoms with Crippen LogP contribution in [-0.4, -0.2) is 16.1 Å². The maximum Gasteiger partial charge on any atom is 0.127 e. The Morgan fingerprint density at radius 3 is 2.88 bits per heavy atom. The standard InChI is InChI=1S/C13H14N2O/c16-8-9-7-13(14-10-5-6-10)15-12-4-2-1-3-11(9)12/h1-4,7,10,16H,5-6,8H2,(H,14,15). The smallest absolute Gasteiger partial charge is 0.127 e. The van der Waals surface area contributed by atoms with E-state index in [1.165, 1.54) is 12.8 Å². The summed E-state index contributed by atoms with van der Waals surface area (Å²) < 4.78 is 0. The van der Waals surface area contributed by atoms with Crippen molar-refractivity contribution in [1.29, 1.82) is 0 Å². The third-order valence-electron chi connectivity index (χ3n) is 2.90. The molecule has 0 aliphatic heterocycles. The van der Waals surface area contributed by atoms with E-state index in [-0.39, 0.29) is 6.61 Å². The minimum Gasteiger partial charge on any atom is -0.392 e. The molecule has 1 aliphatic carbocycles. The summed E-state index contributed by atoms with van der Waals surface area (Å²) in [5, 5.41) is 13.7. The van der Waals surface area contributed by atoms with Crippen molar-refractivity contribution in [3.05, 3.63) is 35.9 Å². The summed E-state index contributed by atoms with van der Waals surface area (Å²) in [6.45, 7) is 0.0579. The number of pyridine rings is 1. The van der Waals surface area contributed by atoms with Gasteiger partial charge < -0.3 is 10.4 Å². The van der Waals surface area contributed by atoms with Gasteiger partial charge in [0.25, 0.3) is 0 Å². The Labute approximate surface area is 94.1 Å². The molecule has 0 amide bonds. The first-order valence-corrected chi connectivity index (χ1v) is 5.63. The second-order valence-corrected chi connectivity index (χ2v) is 4.26. The molecule has 0 atom stereocenters. The average Bonchev–Trinajstić information content (AvgIpc) is 3.12. The molecule has 3 rings (SSSR count). The fourth-order valence-corrected chi connectivity index (χ4v) is 1.89. The Balaban J connectivity index is 2.09. The van der Waals surface area contributed by atoms with Crippen molar-refractivity contribution in [2.75, 3.05) is 5.32 Å². The fourth-order valence-electron chi connectivity index (χ4n) is 1.89. The Bertz CT molecular complexity index is 520. The van der Waals surface area contributed by atoms with Crippen molar-refractivity contribution in [1.82, 2.24) is 4.98 Å². The largest absolute Gasteiger partial charge is 0.392 e. The van der Waals surface area contributed by atoms with Crippen LogP contribution in [0.1, 0.15) is 18.4 Å². The number of aliphatic hydroxyl groups is 1. The minimum absolute atomic E-state index is 0.0579. The highest BCUT2D eigenvalue weighted by molar-refractivity contribution is 5.83.